The van der Waals surface area contributed by atoms with Crippen LogP contribution in [0.5, 0.6) is 0 Å². The number of rotatable bonds is 6. The van der Waals surface area contributed by atoms with Crippen molar-refractivity contribution < 1.29 is 0 Å². The van der Waals surface area contributed by atoms with Crippen LogP contribution in [-0.2, 0) is 0 Å². The number of fused-ring (bicyclic) bond motifs is 3. The molecular formula is C43H34N2. The zero-order valence-corrected chi connectivity index (χ0v) is 25.6. The maximum atomic E-state index is 5.06. The lowest BCUT2D eigenvalue weighted by molar-refractivity contribution is 0.670. The number of para-hydroxylation sites is 2. The summed E-state index contributed by atoms with van der Waals surface area (Å²) in [5.41, 5.74) is 10.8. The Morgan fingerprint density at radius 3 is 1.73 bits per heavy atom. The van der Waals surface area contributed by atoms with Crippen LogP contribution in [0.3, 0.4) is 0 Å². The van der Waals surface area contributed by atoms with Gasteiger partial charge in [-0.2, -0.15) is 0 Å². The molecule has 1 aromatic heterocycles. The second-order valence-corrected chi connectivity index (χ2v) is 11.9. The van der Waals surface area contributed by atoms with Gasteiger partial charge in [0.1, 0.15) is 5.82 Å². The molecular weight excluding hydrogens is 544 g/mol. The predicted octanol–water partition coefficient (Wildman–Crippen LogP) is 11.8. The fraction of sp³-hybridized carbons (Fsp3) is 0.0930. The standard InChI is InChI=1S/C43H34N2/c1-3-29(2)43-44-39-20-12-13-21-40(39)45(43)34-25-22-32(23-26-34)42-36-19-11-10-18-35(36)41(31-16-8-5-9-17-31)37-27-24-33(28-38(37)42)30-14-6-4-7-15-30/h4-29H,3H2,1-2H3. The van der Waals surface area contributed by atoms with Gasteiger partial charge in [0.2, 0.25) is 0 Å². The maximum absolute atomic E-state index is 5.06. The molecule has 1 heterocycles. The molecule has 0 saturated carbocycles. The summed E-state index contributed by atoms with van der Waals surface area (Å²) in [6.45, 7) is 4.50. The van der Waals surface area contributed by atoms with Gasteiger partial charge in [0.15, 0.2) is 0 Å². The Morgan fingerprint density at radius 1 is 0.511 bits per heavy atom. The van der Waals surface area contributed by atoms with Crippen LogP contribution in [0.25, 0.3) is 71.6 Å². The summed E-state index contributed by atoms with van der Waals surface area (Å²) in [6, 6.07) is 54.9. The first kappa shape index (κ1) is 27.1. The van der Waals surface area contributed by atoms with E-state index in [4.69, 9.17) is 4.98 Å². The van der Waals surface area contributed by atoms with Gasteiger partial charge in [-0.1, -0.05) is 135 Å². The molecule has 1 unspecified atom stereocenters. The second-order valence-electron chi connectivity index (χ2n) is 11.9. The van der Waals surface area contributed by atoms with Gasteiger partial charge in [-0.05, 0) is 91.7 Å². The largest absolute Gasteiger partial charge is 0.296 e. The Bertz CT molecular complexity index is 2300. The molecule has 1 atom stereocenters. The number of nitrogens with zero attached hydrogens (tertiary/aromatic N) is 2. The minimum absolute atomic E-state index is 0.354. The van der Waals surface area contributed by atoms with E-state index in [0.29, 0.717) is 5.92 Å². The van der Waals surface area contributed by atoms with E-state index in [1.54, 1.807) is 0 Å². The minimum Gasteiger partial charge on any atom is -0.296 e. The summed E-state index contributed by atoms with van der Waals surface area (Å²) >= 11 is 0. The highest BCUT2D eigenvalue weighted by atomic mass is 15.1. The molecule has 2 nitrogen and oxygen atoms in total. The molecule has 2 heteroatoms. The molecule has 0 radical (unpaired) electrons. The average Bonchev–Trinajstić information content (AvgIpc) is 3.50. The Labute approximate surface area is 264 Å². The first-order valence-electron chi connectivity index (χ1n) is 15.9. The van der Waals surface area contributed by atoms with E-state index < -0.39 is 0 Å². The van der Waals surface area contributed by atoms with Crippen LogP contribution >= 0.6 is 0 Å². The van der Waals surface area contributed by atoms with Gasteiger partial charge in [0, 0.05) is 11.6 Å². The van der Waals surface area contributed by atoms with Gasteiger partial charge in [-0.25, -0.2) is 4.98 Å². The van der Waals surface area contributed by atoms with Crippen LogP contribution in [-0.4, -0.2) is 9.55 Å². The molecule has 0 bridgehead atoms. The van der Waals surface area contributed by atoms with Crippen molar-refractivity contribution in [2.24, 2.45) is 0 Å². The highest BCUT2D eigenvalue weighted by Gasteiger charge is 2.19. The summed E-state index contributed by atoms with van der Waals surface area (Å²) in [6.07, 6.45) is 1.04. The van der Waals surface area contributed by atoms with E-state index in [1.165, 1.54) is 54.9 Å². The molecule has 216 valence electrons. The summed E-state index contributed by atoms with van der Waals surface area (Å²) in [4.78, 5) is 5.06. The summed E-state index contributed by atoms with van der Waals surface area (Å²) < 4.78 is 2.34. The van der Waals surface area contributed by atoms with Crippen molar-refractivity contribution in [1.29, 1.82) is 0 Å². The normalized spacial score (nSPS) is 12.2. The van der Waals surface area contributed by atoms with Crippen LogP contribution in [0.15, 0.2) is 152 Å². The third kappa shape index (κ3) is 4.62. The molecule has 0 aliphatic carbocycles. The van der Waals surface area contributed by atoms with Crippen molar-refractivity contribution in [2.45, 2.75) is 26.2 Å². The van der Waals surface area contributed by atoms with Crippen molar-refractivity contribution in [2.75, 3.05) is 0 Å². The summed E-state index contributed by atoms with van der Waals surface area (Å²) in [7, 11) is 0. The van der Waals surface area contributed by atoms with Gasteiger partial charge in [0.25, 0.3) is 0 Å². The van der Waals surface area contributed by atoms with Gasteiger partial charge in [-0.3, -0.25) is 4.57 Å². The van der Waals surface area contributed by atoms with E-state index in [-0.39, 0.29) is 0 Å². The fourth-order valence-corrected chi connectivity index (χ4v) is 6.82. The lowest BCUT2D eigenvalue weighted by Gasteiger charge is -2.19. The Balaban J connectivity index is 1.39. The third-order valence-corrected chi connectivity index (χ3v) is 9.25. The molecule has 0 saturated heterocycles. The zero-order valence-electron chi connectivity index (χ0n) is 25.6. The second kappa shape index (κ2) is 11.2. The smallest absolute Gasteiger partial charge is 0.117 e. The van der Waals surface area contributed by atoms with E-state index in [1.807, 2.05) is 0 Å². The number of benzene rings is 7. The molecule has 0 aliphatic heterocycles. The summed E-state index contributed by atoms with van der Waals surface area (Å²) in [5, 5.41) is 5.05. The number of hydrogen-bond acceptors (Lipinski definition) is 1. The first-order valence-corrected chi connectivity index (χ1v) is 15.9. The number of imidazole rings is 1. The molecule has 8 rings (SSSR count). The maximum Gasteiger partial charge on any atom is 0.117 e. The molecule has 45 heavy (non-hydrogen) atoms. The molecule has 0 amide bonds. The fourth-order valence-electron chi connectivity index (χ4n) is 6.82. The molecule has 8 aromatic rings. The van der Waals surface area contributed by atoms with Gasteiger partial charge >= 0.3 is 0 Å². The topological polar surface area (TPSA) is 17.8 Å². The molecule has 0 spiro atoms. The van der Waals surface area contributed by atoms with Gasteiger partial charge < -0.3 is 0 Å². The molecule has 7 aromatic carbocycles. The molecule has 0 N–H and O–H groups in total. The lowest BCUT2D eigenvalue weighted by atomic mass is 9.85. The van der Waals surface area contributed by atoms with Crippen molar-refractivity contribution in [1.82, 2.24) is 9.55 Å². The van der Waals surface area contributed by atoms with Crippen molar-refractivity contribution in [3.63, 3.8) is 0 Å². The SMILES string of the molecule is CCC(C)c1nc2ccccc2n1-c1ccc(-c2c3ccccc3c(-c3ccccc3)c3ccc(-c4ccccc4)cc23)cc1. The van der Waals surface area contributed by atoms with Crippen LogP contribution in [0.4, 0.5) is 0 Å². The first-order chi connectivity index (χ1) is 22.2. The van der Waals surface area contributed by atoms with Gasteiger partial charge in [0.05, 0.1) is 11.0 Å². The minimum atomic E-state index is 0.354. The quantitative estimate of drug-likeness (QED) is 0.179. The number of hydrogen-bond donors (Lipinski definition) is 0. The lowest BCUT2D eigenvalue weighted by Crippen LogP contribution is -2.04. The Morgan fingerprint density at radius 2 is 1.04 bits per heavy atom. The monoisotopic (exact) mass is 578 g/mol. The average molecular weight is 579 g/mol. The third-order valence-electron chi connectivity index (χ3n) is 9.25. The van der Waals surface area contributed by atoms with Crippen molar-refractivity contribution in [3.8, 4) is 39.1 Å². The predicted molar refractivity (Wildman–Crippen MR) is 191 cm³/mol. The van der Waals surface area contributed by atoms with Crippen molar-refractivity contribution >= 4 is 32.6 Å². The molecule has 0 fully saturated rings. The van der Waals surface area contributed by atoms with Gasteiger partial charge in [-0.15, -0.1) is 0 Å². The van der Waals surface area contributed by atoms with Crippen LogP contribution < -0.4 is 0 Å². The van der Waals surface area contributed by atoms with E-state index in [0.717, 1.165) is 29.0 Å². The highest BCUT2D eigenvalue weighted by molar-refractivity contribution is 6.22. The number of aromatic nitrogens is 2. The summed E-state index contributed by atoms with van der Waals surface area (Å²) in [5.74, 6) is 1.47. The highest BCUT2D eigenvalue weighted by Crippen LogP contribution is 2.45. The van der Waals surface area contributed by atoms with Crippen LogP contribution in [0.2, 0.25) is 0 Å². The van der Waals surface area contributed by atoms with E-state index >= 15 is 0 Å². The van der Waals surface area contributed by atoms with E-state index in [2.05, 4.69) is 170 Å². The Hall–Kier alpha value is -5.47. The van der Waals surface area contributed by atoms with Crippen molar-refractivity contribution in [3.05, 3.63) is 157 Å². The Kier molecular flexibility index (Phi) is 6.76. The molecule has 0 aliphatic rings. The van der Waals surface area contributed by atoms with E-state index in [9.17, 15) is 0 Å². The van der Waals surface area contributed by atoms with Crippen LogP contribution in [0, 0.1) is 0 Å². The zero-order chi connectivity index (χ0) is 30.3. The van der Waals surface area contributed by atoms with Crippen LogP contribution in [0.1, 0.15) is 32.0 Å².